The van der Waals surface area contributed by atoms with E-state index in [1.54, 1.807) is 32.4 Å². The summed E-state index contributed by atoms with van der Waals surface area (Å²) in [6.07, 6.45) is 3.32. The van der Waals surface area contributed by atoms with Crippen molar-refractivity contribution in [3.63, 3.8) is 0 Å². The zero-order chi connectivity index (χ0) is 26.4. The number of para-hydroxylation sites is 1. The number of carbonyl (C=O) groups is 2. The smallest absolute Gasteiger partial charge is 0.269 e. The second-order valence-electron chi connectivity index (χ2n) is 9.29. The minimum atomic E-state index is -0.920. The number of non-ortho nitro benzene ring substituents is 1. The van der Waals surface area contributed by atoms with Crippen molar-refractivity contribution >= 4 is 34.1 Å². The van der Waals surface area contributed by atoms with Crippen molar-refractivity contribution in [2.75, 3.05) is 19.0 Å². The molecule has 37 heavy (non-hydrogen) atoms. The minimum Gasteiger partial charge on any atom is -0.379 e. The number of pyridine rings is 1. The molecule has 2 heterocycles. The number of fused-ring (bicyclic) bond motifs is 1. The van der Waals surface area contributed by atoms with Gasteiger partial charge < -0.3 is 20.7 Å². The number of nitrogens with zero attached hydrogens (tertiary/aromatic N) is 2. The highest BCUT2D eigenvalue weighted by Crippen LogP contribution is 2.21. The molecule has 1 aliphatic rings. The SMILES string of the molecule is CO[C@@H]([C@@H]1CCCN1)[C@@H](C)C(=O)NC(Cc1ccc([N+](=O)[O-])cc1)C(=O)Nc1cnc2ccccc2c1. The number of aromatic nitrogens is 1. The first-order valence-corrected chi connectivity index (χ1v) is 12.3. The van der Waals surface area contributed by atoms with Gasteiger partial charge in [-0.2, -0.15) is 0 Å². The molecule has 3 N–H and O–H groups in total. The Bertz CT molecular complexity index is 1260. The number of ether oxygens (including phenoxy) is 1. The Labute approximate surface area is 215 Å². The highest BCUT2D eigenvalue weighted by Gasteiger charge is 2.34. The Balaban J connectivity index is 1.53. The summed E-state index contributed by atoms with van der Waals surface area (Å²) in [5.41, 5.74) is 1.94. The molecule has 0 aliphatic carbocycles. The Hall–Kier alpha value is -3.89. The summed E-state index contributed by atoms with van der Waals surface area (Å²) in [4.78, 5) is 41.6. The average molecular weight is 506 g/mol. The molecule has 0 saturated carbocycles. The van der Waals surface area contributed by atoms with Crippen LogP contribution in [0.5, 0.6) is 0 Å². The van der Waals surface area contributed by atoms with Gasteiger partial charge in [0, 0.05) is 37.1 Å². The van der Waals surface area contributed by atoms with Gasteiger partial charge in [0.15, 0.2) is 0 Å². The van der Waals surface area contributed by atoms with E-state index in [-0.39, 0.29) is 30.2 Å². The van der Waals surface area contributed by atoms with Crippen molar-refractivity contribution in [2.45, 2.75) is 44.4 Å². The molecule has 1 aromatic heterocycles. The number of benzene rings is 2. The van der Waals surface area contributed by atoms with Crippen molar-refractivity contribution < 1.29 is 19.2 Å². The van der Waals surface area contributed by atoms with E-state index >= 15 is 0 Å². The molecule has 0 radical (unpaired) electrons. The fraction of sp³-hybridized carbons (Fsp3) is 0.370. The van der Waals surface area contributed by atoms with Crippen molar-refractivity contribution in [1.82, 2.24) is 15.6 Å². The van der Waals surface area contributed by atoms with Gasteiger partial charge in [0.1, 0.15) is 6.04 Å². The number of hydrogen-bond donors (Lipinski definition) is 3. The lowest BCUT2D eigenvalue weighted by Crippen LogP contribution is -2.51. The zero-order valence-electron chi connectivity index (χ0n) is 20.8. The minimum absolute atomic E-state index is 0.0448. The highest BCUT2D eigenvalue weighted by atomic mass is 16.6. The number of anilines is 1. The lowest BCUT2D eigenvalue weighted by molar-refractivity contribution is -0.384. The first kappa shape index (κ1) is 26.2. The van der Waals surface area contributed by atoms with E-state index in [1.807, 2.05) is 30.3 Å². The van der Waals surface area contributed by atoms with Crippen LogP contribution in [0, 0.1) is 16.0 Å². The summed E-state index contributed by atoms with van der Waals surface area (Å²) in [6.45, 7) is 2.67. The lowest BCUT2D eigenvalue weighted by Gasteiger charge is -2.29. The third kappa shape index (κ3) is 6.46. The first-order valence-electron chi connectivity index (χ1n) is 12.3. The largest absolute Gasteiger partial charge is 0.379 e. The first-order chi connectivity index (χ1) is 17.9. The van der Waals surface area contributed by atoms with Crippen LogP contribution in [0.3, 0.4) is 0 Å². The quantitative estimate of drug-likeness (QED) is 0.284. The van der Waals surface area contributed by atoms with E-state index in [9.17, 15) is 19.7 Å². The van der Waals surface area contributed by atoms with E-state index in [0.29, 0.717) is 11.3 Å². The highest BCUT2D eigenvalue weighted by molar-refractivity contribution is 5.98. The topological polar surface area (TPSA) is 135 Å². The van der Waals surface area contributed by atoms with E-state index in [0.717, 1.165) is 30.3 Å². The average Bonchev–Trinajstić information content (AvgIpc) is 3.43. The monoisotopic (exact) mass is 505 g/mol. The van der Waals surface area contributed by atoms with E-state index in [1.165, 1.54) is 12.1 Å². The fourth-order valence-electron chi connectivity index (χ4n) is 4.73. The van der Waals surface area contributed by atoms with Crippen molar-refractivity contribution in [1.29, 1.82) is 0 Å². The maximum Gasteiger partial charge on any atom is 0.269 e. The molecule has 1 unspecified atom stereocenters. The second-order valence-corrected chi connectivity index (χ2v) is 9.29. The predicted octanol–water partition coefficient (Wildman–Crippen LogP) is 3.21. The van der Waals surface area contributed by atoms with Crippen LogP contribution in [0.1, 0.15) is 25.3 Å². The standard InChI is InChI=1S/C27H31N5O5/c1-17(25(37-2)23-8-5-13-28-23)26(33)31-24(14-18-9-11-21(12-10-18)32(35)36)27(34)30-20-15-19-6-3-4-7-22(19)29-16-20/h3-4,6-7,9-12,15-17,23-25,28H,5,8,13-14H2,1-2H3,(H,30,34)(H,31,33)/t17-,23+,24?,25-/m1/s1. The van der Waals surface area contributed by atoms with Gasteiger partial charge in [0.25, 0.3) is 5.69 Å². The molecular weight excluding hydrogens is 474 g/mol. The molecule has 1 saturated heterocycles. The second kappa shape index (κ2) is 11.9. The Kier molecular flexibility index (Phi) is 8.42. The Morgan fingerprint density at radius 2 is 1.95 bits per heavy atom. The van der Waals surface area contributed by atoms with Crippen LogP contribution in [-0.4, -0.2) is 53.6 Å². The van der Waals surface area contributed by atoms with Gasteiger partial charge >= 0.3 is 0 Å². The number of carbonyl (C=O) groups excluding carboxylic acids is 2. The van der Waals surface area contributed by atoms with Crippen LogP contribution in [0.2, 0.25) is 0 Å². The van der Waals surface area contributed by atoms with Crippen molar-refractivity contribution in [2.24, 2.45) is 5.92 Å². The van der Waals surface area contributed by atoms with Crippen LogP contribution < -0.4 is 16.0 Å². The summed E-state index contributed by atoms with van der Waals surface area (Å²) in [5, 5.41) is 21.0. The van der Waals surface area contributed by atoms with Gasteiger partial charge in [-0.05, 0) is 37.1 Å². The molecule has 4 atom stereocenters. The van der Waals surface area contributed by atoms with Crippen LogP contribution in [-0.2, 0) is 20.7 Å². The Morgan fingerprint density at radius 1 is 1.19 bits per heavy atom. The van der Waals surface area contributed by atoms with Gasteiger partial charge in [-0.25, -0.2) is 0 Å². The number of nitro groups is 1. The maximum absolute atomic E-state index is 13.4. The molecule has 194 valence electrons. The van der Waals surface area contributed by atoms with E-state index < -0.39 is 22.8 Å². The van der Waals surface area contributed by atoms with Crippen molar-refractivity contribution in [3.8, 4) is 0 Å². The number of hydrogen-bond acceptors (Lipinski definition) is 7. The summed E-state index contributed by atoms with van der Waals surface area (Å²) >= 11 is 0. The summed E-state index contributed by atoms with van der Waals surface area (Å²) in [6, 6.07) is 14.5. The Morgan fingerprint density at radius 3 is 2.62 bits per heavy atom. The fourth-order valence-corrected chi connectivity index (χ4v) is 4.73. The van der Waals surface area contributed by atoms with Gasteiger partial charge in [0.05, 0.1) is 34.3 Å². The molecule has 2 aromatic carbocycles. The lowest BCUT2D eigenvalue weighted by atomic mass is 9.94. The van der Waals surface area contributed by atoms with E-state index in [2.05, 4.69) is 20.9 Å². The van der Waals surface area contributed by atoms with Crippen LogP contribution in [0.25, 0.3) is 10.9 Å². The van der Waals surface area contributed by atoms with Gasteiger partial charge in [-0.15, -0.1) is 0 Å². The molecule has 0 spiro atoms. The number of methoxy groups -OCH3 is 1. The van der Waals surface area contributed by atoms with E-state index in [4.69, 9.17) is 4.74 Å². The number of nitrogens with one attached hydrogen (secondary N) is 3. The predicted molar refractivity (Wildman–Crippen MR) is 140 cm³/mol. The zero-order valence-corrected chi connectivity index (χ0v) is 20.8. The normalized spacial score (nSPS) is 17.6. The molecule has 0 bridgehead atoms. The van der Waals surface area contributed by atoms with Crippen LogP contribution >= 0.6 is 0 Å². The van der Waals surface area contributed by atoms with Gasteiger partial charge in [-0.1, -0.05) is 37.3 Å². The number of amides is 2. The molecule has 2 amide bonds. The molecule has 10 nitrogen and oxygen atoms in total. The molecule has 4 rings (SSSR count). The molecule has 3 aromatic rings. The number of nitro benzene ring substituents is 1. The maximum atomic E-state index is 13.4. The summed E-state index contributed by atoms with van der Waals surface area (Å²) in [7, 11) is 1.59. The molecule has 1 aliphatic heterocycles. The summed E-state index contributed by atoms with van der Waals surface area (Å²) < 4.78 is 5.65. The number of rotatable bonds is 10. The molecule has 10 heteroatoms. The van der Waals surface area contributed by atoms with Gasteiger partial charge in [-0.3, -0.25) is 24.7 Å². The molecule has 1 fully saturated rings. The third-order valence-electron chi connectivity index (χ3n) is 6.75. The van der Waals surface area contributed by atoms with Crippen LogP contribution in [0.15, 0.2) is 60.8 Å². The van der Waals surface area contributed by atoms with Crippen LogP contribution in [0.4, 0.5) is 11.4 Å². The van der Waals surface area contributed by atoms with Gasteiger partial charge in [0.2, 0.25) is 11.8 Å². The van der Waals surface area contributed by atoms with Crippen molar-refractivity contribution in [3.05, 3.63) is 76.5 Å². The molecular formula is C27H31N5O5. The summed E-state index contributed by atoms with van der Waals surface area (Å²) in [5.74, 6) is -1.22. The third-order valence-corrected chi connectivity index (χ3v) is 6.75.